The molecule has 130 valence electrons. The first-order valence-electron chi connectivity index (χ1n) is 7.48. The van der Waals surface area contributed by atoms with Gasteiger partial charge in [0, 0.05) is 22.3 Å². The number of anilines is 1. The van der Waals surface area contributed by atoms with Crippen molar-refractivity contribution in [2.24, 2.45) is 0 Å². The van der Waals surface area contributed by atoms with Gasteiger partial charge < -0.3 is 5.32 Å². The maximum atomic E-state index is 12.9. The molecule has 0 unspecified atom stereocenters. The summed E-state index contributed by atoms with van der Waals surface area (Å²) in [6, 6.07) is 14.4. The van der Waals surface area contributed by atoms with E-state index >= 15 is 0 Å². The first kappa shape index (κ1) is 18.4. The number of hydrogen-bond donors (Lipinski definition) is 1. The van der Waals surface area contributed by atoms with Crippen LogP contribution in [0.5, 0.6) is 0 Å². The van der Waals surface area contributed by atoms with E-state index in [1.54, 1.807) is 42.5 Å². The fourth-order valence-corrected chi connectivity index (χ4v) is 2.95. The first-order valence-corrected chi connectivity index (χ1v) is 8.61. The monoisotopic (exact) mass is 404 g/mol. The number of nitrogens with one attached hydrogen (secondary N) is 1. The van der Waals surface area contributed by atoms with Crippen LogP contribution in [0.15, 0.2) is 60.8 Å². The molecule has 0 radical (unpaired) electrons. The number of amides is 1. The SMILES string of the molecule is O=C(c1ccccc1Cl)c1cc(Cl)ccc1NC(=O)c1cccnc1Cl. The Hall–Kier alpha value is -2.40. The van der Waals surface area contributed by atoms with E-state index in [2.05, 4.69) is 10.3 Å². The van der Waals surface area contributed by atoms with Crippen LogP contribution in [-0.2, 0) is 0 Å². The summed E-state index contributed by atoms with van der Waals surface area (Å²) in [5, 5.41) is 3.42. The number of hydrogen-bond acceptors (Lipinski definition) is 3. The van der Waals surface area contributed by atoms with Gasteiger partial charge in [0.05, 0.1) is 16.3 Å². The largest absolute Gasteiger partial charge is 0.321 e. The smallest absolute Gasteiger partial charge is 0.258 e. The third-order valence-electron chi connectivity index (χ3n) is 3.60. The van der Waals surface area contributed by atoms with Crippen molar-refractivity contribution < 1.29 is 9.59 Å². The highest BCUT2D eigenvalue weighted by molar-refractivity contribution is 6.36. The number of carbonyl (C=O) groups is 2. The van der Waals surface area contributed by atoms with Gasteiger partial charge in [-0.05, 0) is 42.5 Å². The maximum absolute atomic E-state index is 12.9. The molecule has 0 spiro atoms. The quantitative estimate of drug-likeness (QED) is 0.459. The summed E-state index contributed by atoms with van der Waals surface area (Å²) < 4.78 is 0. The van der Waals surface area contributed by atoms with Crippen LogP contribution in [0, 0.1) is 0 Å². The number of rotatable bonds is 4. The fourth-order valence-electron chi connectivity index (χ4n) is 2.35. The van der Waals surface area contributed by atoms with Crippen molar-refractivity contribution in [1.82, 2.24) is 4.98 Å². The van der Waals surface area contributed by atoms with Crippen LogP contribution in [0.25, 0.3) is 0 Å². The topological polar surface area (TPSA) is 59.1 Å². The molecule has 3 rings (SSSR count). The Morgan fingerprint density at radius 2 is 1.58 bits per heavy atom. The van der Waals surface area contributed by atoms with Crippen molar-refractivity contribution in [1.29, 1.82) is 0 Å². The number of nitrogens with zero attached hydrogens (tertiary/aromatic N) is 1. The average molecular weight is 406 g/mol. The van der Waals surface area contributed by atoms with Crippen molar-refractivity contribution in [2.75, 3.05) is 5.32 Å². The highest BCUT2D eigenvalue weighted by Gasteiger charge is 2.19. The lowest BCUT2D eigenvalue weighted by Crippen LogP contribution is -2.16. The molecule has 0 bridgehead atoms. The van der Waals surface area contributed by atoms with Gasteiger partial charge >= 0.3 is 0 Å². The van der Waals surface area contributed by atoms with Gasteiger partial charge in [0.2, 0.25) is 0 Å². The van der Waals surface area contributed by atoms with Gasteiger partial charge in [-0.25, -0.2) is 4.98 Å². The average Bonchev–Trinajstić information content (AvgIpc) is 2.63. The zero-order valence-electron chi connectivity index (χ0n) is 13.2. The van der Waals surface area contributed by atoms with E-state index in [0.29, 0.717) is 21.3 Å². The van der Waals surface area contributed by atoms with Crippen molar-refractivity contribution in [2.45, 2.75) is 0 Å². The Labute approximate surface area is 164 Å². The predicted molar refractivity (Wildman–Crippen MR) is 104 cm³/mol. The lowest BCUT2D eigenvalue weighted by molar-refractivity contribution is 0.102. The predicted octanol–water partition coefficient (Wildman–Crippen LogP) is 5.53. The zero-order valence-corrected chi connectivity index (χ0v) is 15.4. The van der Waals surface area contributed by atoms with E-state index in [1.807, 2.05) is 0 Å². The molecule has 7 heteroatoms. The number of halogens is 3. The number of pyridine rings is 1. The molecule has 1 N–H and O–H groups in total. The van der Waals surface area contributed by atoms with Gasteiger partial charge in [-0.15, -0.1) is 0 Å². The molecule has 2 aromatic carbocycles. The lowest BCUT2D eigenvalue weighted by atomic mass is 10.0. The second-order valence-corrected chi connectivity index (χ2v) is 6.50. The second kappa shape index (κ2) is 7.87. The van der Waals surface area contributed by atoms with Crippen LogP contribution in [-0.4, -0.2) is 16.7 Å². The molecule has 0 saturated carbocycles. The first-order chi connectivity index (χ1) is 12.5. The molecular weight excluding hydrogens is 395 g/mol. The van der Waals surface area contributed by atoms with Crippen LogP contribution >= 0.6 is 34.8 Å². The normalized spacial score (nSPS) is 10.4. The van der Waals surface area contributed by atoms with E-state index in [9.17, 15) is 9.59 Å². The van der Waals surface area contributed by atoms with E-state index < -0.39 is 5.91 Å². The summed E-state index contributed by atoms with van der Waals surface area (Å²) in [6.45, 7) is 0. The standard InChI is InChI=1S/C19H11Cl3N2O2/c20-11-7-8-16(24-19(26)13-5-3-9-23-18(13)22)14(10-11)17(25)12-4-1-2-6-15(12)21/h1-10H,(H,24,26). The summed E-state index contributed by atoms with van der Waals surface area (Å²) >= 11 is 18.1. The minimum atomic E-state index is -0.487. The molecule has 0 aliphatic carbocycles. The molecule has 26 heavy (non-hydrogen) atoms. The number of carbonyl (C=O) groups excluding carboxylic acids is 2. The Balaban J connectivity index is 1.99. The zero-order chi connectivity index (χ0) is 18.7. The summed E-state index contributed by atoms with van der Waals surface area (Å²) in [5.41, 5.74) is 1.02. The Bertz CT molecular complexity index is 1010. The summed E-state index contributed by atoms with van der Waals surface area (Å²) in [6.07, 6.45) is 1.48. The lowest BCUT2D eigenvalue weighted by Gasteiger charge is -2.12. The van der Waals surface area contributed by atoms with Crippen molar-refractivity contribution in [3.05, 3.63) is 92.7 Å². The molecule has 4 nitrogen and oxygen atoms in total. The number of aromatic nitrogens is 1. The van der Waals surface area contributed by atoms with Gasteiger partial charge in [0.25, 0.3) is 5.91 Å². The molecule has 1 amide bonds. The minimum absolute atomic E-state index is 0.0675. The Kier molecular flexibility index (Phi) is 5.57. The fraction of sp³-hybridized carbons (Fsp3) is 0. The molecule has 0 fully saturated rings. The van der Waals surface area contributed by atoms with Gasteiger partial charge in [0.1, 0.15) is 5.15 Å². The highest BCUT2D eigenvalue weighted by atomic mass is 35.5. The van der Waals surface area contributed by atoms with Crippen LogP contribution in [0.2, 0.25) is 15.2 Å². The third kappa shape index (κ3) is 3.88. The summed E-state index contributed by atoms with van der Waals surface area (Å²) in [5.74, 6) is -0.843. The molecular formula is C19H11Cl3N2O2. The summed E-state index contributed by atoms with van der Waals surface area (Å²) in [4.78, 5) is 29.3. The Morgan fingerprint density at radius 3 is 2.31 bits per heavy atom. The van der Waals surface area contributed by atoms with E-state index in [-0.39, 0.29) is 22.1 Å². The van der Waals surface area contributed by atoms with E-state index in [0.717, 1.165) is 0 Å². The Morgan fingerprint density at radius 1 is 0.846 bits per heavy atom. The minimum Gasteiger partial charge on any atom is -0.321 e. The molecule has 1 aromatic heterocycles. The van der Waals surface area contributed by atoms with Crippen molar-refractivity contribution >= 4 is 52.2 Å². The highest BCUT2D eigenvalue weighted by Crippen LogP contribution is 2.27. The molecule has 0 atom stereocenters. The molecule has 1 heterocycles. The van der Waals surface area contributed by atoms with Gasteiger partial charge in [-0.3, -0.25) is 9.59 Å². The van der Waals surface area contributed by atoms with Gasteiger partial charge in [-0.1, -0.05) is 46.9 Å². The van der Waals surface area contributed by atoms with Crippen LogP contribution < -0.4 is 5.32 Å². The van der Waals surface area contributed by atoms with Crippen LogP contribution in [0.3, 0.4) is 0 Å². The van der Waals surface area contributed by atoms with Gasteiger partial charge in [0.15, 0.2) is 5.78 Å². The van der Waals surface area contributed by atoms with Gasteiger partial charge in [-0.2, -0.15) is 0 Å². The van der Waals surface area contributed by atoms with Crippen molar-refractivity contribution in [3.8, 4) is 0 Å². The molecule has 0 aliphatic heterocycles. The number of benzene rings is 2. The second-order valence-electron chi connectivity index (χ2n) is 5.29. The molecule has 3 aromatic rings. The maximum Gasteiger partial charge on any atom is 0.258 e. The van der Waals surface area contributed by atoms with Crippen molar-refractivity contribution in [3.63, 3.8) is 0 Å². The number of ketones is 1. The van der Waals surface area contributed by atoms with E-state index in [4.69, 9.17) is 34.8 Å². The van der Waals surface area contributed by atoms with Crippen LogP contribution in [0.4, 0.5) is 5.69 Å². The van der Waals surface area contributed by atoms with E-state index in [1.165, 1.54) is 18.3 Å². The summed E-state index contributed by atoms with van der Waals surface area (Å²) in [7, 11) is 0. The molecule has 0 saturated heterocycles. The molecule has 0 aliphatic rings. The third-order valence-corrected chi connectivity index (χ3v) is 4.46. The van der Waals surface area contributed by atoms with Crippen LogP contribution in [0.1, 0.15) is 26.3 Å².